The number of thiol groups is 1. The monoisotopic (exact) mass is 392 g/mol. The molecule has 0 bridgehead atoms. The summed E-state index contributed by atoms with van der Waals surface area (Å²) in [7, 11) is 0. The minimum absolute atomic E-state index is 0.153. The fourth-order valence-electron chi connectivity index (χ4n) is 2.35. The maximum absolute atomic E-state index is 12.5. The van der Waals surface area contributed by atoms with Gasteiger partial charge in [0.15, 0.2) is 0 Å². The van der Waals surface area contributed by atoms with Gasteiger partial charge < -0.3 is 20.7 Å². The van der Waals surface area contributed by atoms with Crippen LogP contribution in [0.4, 0.5) is 21.2 Å². The Morgan fingerprint density at radius 1 is 1.19 bits per heavy atom. The predicted molar refractivity (Wildman–Crippen MR) is 103 cm³/mol. The van der Waals surface area contributed by atoms with E-state index in [0.717, 1.165) is 11.4 Å². The number of fused-ring (bicyclic) bond motifs is 1. The van der Waals surface area contributed by atoms with E-state index in [0.29, 0.717) is 10.6 Å². The third-order valence-corrected chi connectivity index (χ3v) is 4.58. The maximum atomic E-state index is 12.5. The van der Waals surface area contributed by atoms with Gasteiger partial charge in [0.1, 0.15) is 10.5 Å². The van der Waals surface area contributed by atoms with Gasteiger partial charge in [0.25, 0.3) is 11.8 Å². The highest BCUT2D eigenvalue weighted by Crippen LogP contribution is 2.31. The van der Waals surface area contributed by atoms with E-state index in [2.05, 4.69) is 38.6 Å². The predicted octanol–water partition coefficient (Wildman–Crippen LogP) is 2.94. The summed E-state index contributed by atoms with van der Waals surface area (Å²) in [6.07, 6.45) is -0.834. The Balaban J connectivity index is 1.71. The van der Waals surface area contributed by atoms with Crippen molar-refractivity contribution in [2.45, 2.75) is 12.4 Å². The molecule has 0 spiro atoms. The molecule has 2 aromatic rings. The van der Waals surface area contributed by atoms with Crippen molar-refractivity contribution in [3.05, 3.63) is 40.8 Å². The number of rotatable bonds is 4. The van der Waals surface area contributed by atoms with E-state index in [4.69, 9.17) is 0 Å². The van der Waals surface area contributed by atoms with Gasteiger partial charge in [-0.2, -0.15) is 0 Å². The summed E-state index contributed by atoms with van der Waals surface area (Å²) in [5.74, 6) is -1.01. The van der Waals surface area contributed by atoms with Crippen molar-refractivity contribution in [3.8, 4) is 0 Å². The molecular weight excluding hydrogens is 376 g/mol. The molecule has 1 aliphatic heterocycles. The van der Waals surface area contributed by atoms with Gasteiger partial charge in [0.2, 0.25) is 0 Å². The SMILES string of the molecule is CCOC(=O)NC(=O)c1ccsc1NC(=O)c1ccc2c(c1)NC(S)N2. The molecule has 1 atom stereocenters. The lowest BCUT2D eigenvalue weighted by atomic mass is 10.1. The first kappa shape index (κ1) is 18.1. The van der Waals surface area contributed by atoms with Gasteiger partial charge in [0, 0.05) is 5.56 Å². The summed E-state index contributed by atoms with van der Waals surface area (Å²) in [5.41, 5.74) is 2.02. The lowest BCUT2D eigenvalue weighted by Gasteiger charge is -2.08. The molecule has 136 valence electrons. The van der Waals surface area contributed by atoms with E-state index in [1.165, 1.54) is 17.4 Å². The first-order valence-electron chi connectivity index (χ1n) is 7.70. The number of carbonyl (C=O) groups excluding carboxylic acids is 3. The number of benzene rings is 1. The van der Waals surface area contributed by atoms with Crippen LogP contribution in [0.5, 0.6) is 0 Å². The largest absolute Gasteiger partial charge is 0.450 e. The molecule has 1 aromatic heterocycles. The molecule has 26 heavy (non-hydrogen) atoms. The van der Waals surface area contributed by atoms with Gasteiger partial charge >= 0.3 is 6.09 Å². The van der Waals surface area contributed by atoms with Crippen LogP contribution in [0, 0.1) is 0 Å². The molecule has 2 heterocycles. The number of hydrogen-bond donors (Lipinski definition) is 5. The molecule has 1 unspecified atom stereocenters. The van der Waals surface area contributed by atoms with Gasteiger partial charge in [-0.05, 0) is 36.6 Å². The van der Waals surface area contributed by atoms with Crippen molar-refractivity contribution in [3.63, 3.8) is 0 Å². The van der Waals surface area contributed by atoms with Crippen LogP contribution >= 0.6 is 24.0 Å². The smallest absolute Gasteiger partial charge is 0.414 e. The summed E-state index contributed by atoms with van der Waals surface area (Å²) in [4.78, 5) is 36.0. The number of anilines is 3. The number of ether oxygens (including phenoxy) is 1. The van der Waals surface area contributed by atoms with Crippen LogP contribution in [0.2, 0.25) is 0 Å². The van der Waals surface area contributed by atoms with E-state index in [1.807, 2.05) is 0 Å². The van der Waals surface area contributed by atoms with E-state index >= 15 is 0 Å². The lowest BCUT2D eigenvalue weighted by Crippen LogP contribution is -2.31. The van der Waals surface area contributed by atoms with E-state index in [9.17, 15) is 14.4 Å². The number of carbonyl (C=O) groups is 3. The topological polar surface area (TPSA) is 109 Å². The number of hydrogen-bond acceptors (Lipinski definition) is 8. The number of imide groups is 1. The molecule has 3 rings (SSSR count). The fourth-order valence-corrected chi connectivity index (χ4v) is 3.41. The molecule has 0 saturated heterocycles. The van der Waals surface area contributed by atoms with E-state index in [1.54, 1.807) is 30.5 Å². The second kappa shape index (κ2) is 7.67. The fraction of sp³-hybridized carbons (Fsp3) is 0.188. The van der Waals surface area contributed by atoms with Crippen LogP contribution in [-0.2, 0) is 4.74 Å². The Morgan fingerprint density at radius 2 is 1.96 bits per heavy atom. The first-order valence-corrected chi connectivity index (χ1v) is 9.09. The Morgan fingerprint density at radius 3 is 2.73 bits per heavy atom. The van der Waals surface area contributed by atoms with Crippen LogP contribution in [0.3, 0.4) is 0 Å². The summed E-state index contributed by atoms with van der Waals surface area (Å²) in [5, 5.41) is 13.0. The second-order valence-electron chi connectivity index (χ2n) is 5.24. The summed E-state index contributed by atoms with van der Waals surface area (Å²) >= 11 is 5.45. The second-order valence-corrected chi connectivity index (χ2v) is 6.68. The third-order valence-electron chi connectivity index (χ3n) is 3.49. The zero-order valence-electron chi connectivity index (χ0n) is 13.7. The molecule has 10 heteroatoms. The summed E-state index contributed by atoms with van der Waals surface area (Å²) < 4.78 is 4.68. The maximum Gasteiger partial charge on any atom is 0.414 e. The van der Waals surface area contributed by atoms with Gasteiger partial charge in [-0.3, -0.25) is 14.9 Å². The lowest BCUT2D eigenvalue weighted by molar-refractivity contribution is 0.0926. The van der Waals surface area contributed by atoms with E-state index < -0.39 is 12.0 Å². The Labute approximate surface area is 158 Å². The van der Waals surface area contributed by atoms with Crippen LogP contribution in [0.1, 0.15) is 27.6 Å². The number of alkyl carbamates (subject to hydrolysis) is 1. The summed E-state index contributed by atoms with van der Waals surface area (Å²) in [6, 6.07) is 6.66. The van der Waals surface area contributed by atoms with Crippen molar-refractivity contribution >= 4 is 58.2 Å². The minimum atomic E-state index is -0.834. The van der Waals surface area contributed by atoms with Crippen molar-refractivity contribution < 1.29 is 19.1 Å². The minimum Gasteiger partial charge on any atom is -0.450 e. The van der Waals surface area contributed by atoms with Gasteiger partial charge in [0.05, 0.1) is 23.5 Å². The van der Waals surface area contributed by atoms with Crippen LogP contribution in [0.15, 0.2) is 29.6 Å². The van der Waals surface area contributed by atoms with Crippen molar-refractivity contribution in [2.24, 2.45) is 0 Å². The zero-order valence-corrected chi connectivity index (χ0v) is 15.4. The van der Waals surface area contributed by atoms with Crippen molar-refractivity contribution in [1.82, 2.24) is 5.32 Å². The average molecular weight is 392 g/mol. The molecule has 4 N–H and O–H groups in total. The Bertz CT molecular complexity index is 868. The van der Waals surface area contributed by atoms with Crippen LogP contribution in [-0.4, -0.2) is 30.0 Å². The van der Waals surface area contributed by atoms with Crippen LogP contribution in [0.25, 0.3) is 0 Å². The first-order chi connectivity index (χ1) is 12.5. The number of nitrogens with one attached hydrogen (secondary N) is 4. The van der Waals surface area contributed by atoms with Gasteiger partial charge in [-0.15, -0.1) is 24.0 Å². The molecule has 0 radical (unpaired) electrons. The number of thiophene rings is 1. The van der Waals surface area contributed by atoms with Crippen LogP contribution < -0.4 is 21.3 Å². The average Bonchev–Trinajstić information content (AvgIpc) is 3.19. The molecule has 1 aliphatic rings. The van der Waals surface area contributed by atoms with Crippen molar-refractivity contribution in [1.29, 1.82) is 0 Å². The standard InChI is InChI=1S/C16H16N4O4S2/c1-2-24-16(23)20-13(22)9-5-6-26-14(9)19-12(21)8-3-4-10-11(7-8)18-15(25)17-10/h3-7,15,17-18,25H,2H2,1H3,(H,19,21)(H,20,22,23). The molecule has 0 aliphatic carbocycles. The molecule has 0 fully saturated rings. The normalized spacial score (nSPS) is 14.6. The number of amides is 3. The molecule has 0 saturated carbocycles. The highest BCUT2D eigenvalue weighted by Gasteiger charge is 2.20. The Hall–Kier alpha value is -2.72. The molecular formula is C16H16N4O4S2. The van der Waals surface area contributed by atoms with E-state index in [-0.39, 0.29) is 23.6 Å². The van der Waals surface area contributed by atoms with Gasteiger partial charge in [-0.25, -0.2) is 4.79 Å². The summed E-state index contributed by atoms with van der Waals surface area (Å²) in [6.45, 7) is 1.79. The van der Waals surface area contributed by atoms with Crippen molar-refractivity contribution in [2.75, 3.05) is 22.6 Å². The van der Waals surface area contributed by atoms with Gasteiger partial charge in [-0.1, -0.05) is 0 Å². The Kier molecular flexibility index (Phi) is 5.33. The third kappa shape index (κ3) is 3.92. The highest BCUT2D eigenvalue weighted by molar-refractivity contribution is 7.81. The molecule has 8 nitrogen and oxygen atoms in total. The highest BCUT2D eigenvalue weighted by atomic mass is 32.1. The molecule has 1 aromatic carbocycles. The quantitative estimate of drug-likeness (QED) is 0.512. The zero-order chi connectivity index (χ0) is 18.7. The molecule has 3 amide bonds.